The largest absolute Gasteiger partial charge is 0.370 e. The number of nitrogens with one attached hydrogen (secondary N) is 2. The third kappa shape index (κ3) is 4.65. The number of carbonyl (C=O) groups excluding carboxylic acids is 1. The number of hydrogen-bond donors (Lipinski definition) is 2. The van der Waals surface area contributed by atoms with E-state index in [2.05, 4.69) is 38.4 Å². The first-order chi connectivity index (χ1) is 15.2. The molecule has 31 heavy (non-hydrogen) atoms. The summed E-state index contributed by atoms with van der Waals surface area (Å²) in [5, 5.41) is 4.21. The minimum Gasteiger partial charge on any atom is -0.370 e. The molecule has 5 rings (SSSR count). The fourth-order valence-corrected chi connectivity index (χ4v) is 5.01. The van der Waals surface area contributed by atoms with Gasteiger partial charge in [0.15, 0.2) is 0 Å². The smallest absolute Gasteiger partial charge is 0.224 e. The maximum atomic E-state index is 12.5. The molecule has 2 saturated heterocycles. The van der Waals surface area contributed by atoms with Gasteiger partial charge >= 0.3 is 0 Å². The fourth-order valence-electron chi connectivity index (χ4n) is 5.01. The number of pyridine rings is 1. The Morgan fingerprint density at radius 2 is 1.97 bits per heavy atom. The Morgan fingerprint density at radius 1 is 1.16 bits per heavy atom. The van der Waals surface area contributed by atoms with Crippen LogP contribution in [-0.2, 0) is 22.5 Å². The van der Waals surface area contributed by atoms with Gasteiger partial charge in [-0.15, -0.1) is 0 Å². The first-order valence-corrected chi connectivity index (χ1v) is 11.3. The number of aromatic amines is 1. The highest BCUT2D eigenvalue weighted by Crippen LogP contribution is 2.39. The zero-order valence-electron chi connectivity index (χ0n) is 17.8. The molecule has 0 saturated carbocycles. The molecule has 0 aliphatic carbocycles. The average molecular weight is 419 g/mol. The molecule has 6 heteroatoms. The minimum absolute atomic E-state index is 0.000970. The average Bonchev–Trinajstić information content (AvgIpc) is 3.39. The van der Waals surface area contributed by atoms with Gasteiger partial charge in [-0.3, -0.25) is 14.7 Å². The summed E-state index contributed by atoms with van der Waals surface area (Å²) in [4.78, 5) is 22.3. The quantitative estimate of drug-likeness (QED) is 0.643. The molecule has 1 amide bonds. The summed E-state index contributed by atoms with van der Waals surface area (Å²) in [7, 11) is 0. The van der Waals surface area contributed by atoms with E-state index in [1.54, 1.807) is 0 Å². The van der Waals surface area contributed by atoms with Gasteiger partial charge in [0, 0.05) is 55.7 Å². The summed E-state index contributed by atoms with van der Waals surface area (Å²) < 4.78 is 6.49. The second-order valence-corrected chi connectivity index (χ2v) is 8.93. The summed E-state index contributed by atoms with van der Waals surface area (Å²) in [5.41, 5.74) is 3.43. The number of rotatable bonds is 6. The lowest BCUT2D eigenvalue weighted by atomic mass is 9.88. The van der Waals surface area contributed by atoms with Crippen LogP contribution in [0, 0.1) is 0 Å². The zero-order valence-corrected chi connectivity index (χ0v) is 17.8. The van der Waals surface area contributed by atoms with Crippen LogP contribution in [0.25, 0.3) is 10.9 Å². The van der Waals surface area contributed by atoms with Gasteiger partial charge in [-0.05, 0) is 55.0 Å². The number of para-hydroxylation sites is 1. The fraction of sp³-hybridized carbons (Fsp3) is 0.440. The molecule has 1 spiro atoms. The second-order valence-electron chi connectivity index (χ2n) is 8.93. The molecule has 6 nitrogen and oxygen atoms in total. The number of aromatic nitrogens is 2. The molecule has 162 valence electrons. The lowest BCUT2D eigenvalue weighted by Crippen LogP contribution is -2.44. The molecule has 2 fully saturated rings. The van der Waals surface area contributed by atoms with E-state index < -0.39 is 0 Å². The minimum atomic E-state index is 0.000970. The molecule has 1 atom stereocenters. The summed E-state index contributed by atoms with van der Waals surface area (Å²) in [6.07, 6.45) is 10.4. The first-order valence-electron chi connectivity index (χ1n) is 11.3. The molecule has 1 aromatic carbocycles. The highest BCUT2D eigenvalue weighted by Gasteiger charge is 2.42. The molecule has 2 N–H and O–H groups in total. The SMILES string of the molecule is O=C(Cc1c[nH]c2ccccc12)NCC1CCC2(CCN(Cc3ccncc3)CC2)O1. The Kier molecular flexibility index (Phi) is 5.74. The predicted molar refractivity (Wildman–Crippen MR) is 121 cm³/mol. The Bertz CT molecular complexity index is 1020. The molecule has 3 aromatic rings. The van der Waals surface area contributed by atoms with Gasteiger partial charge < -0.3 is 15.0 Å². The van der Waals surface area contributed by atoms with Gasteiger partial charge in [-0.2, -0.15) is 0 Å². The first kappa shape index (κ1) is 20.2. The van der Waals surface area contributed by atoms with Crippen LogP contribution in [0.5, 0.6) is 0 Å². The normalized spacial score (nSPS) is 21.0. The second kappa shape index (κ2) is 8.81. The van der Waals surface area contributed by atoms with Gasteiger partial charge in [0.25, 0.3) is 0 Å². The number of H-pyrrole nitrogens is 1. The van der Waals surface area contributed by atoms with E-state index in [1.807, 2.05) is 36.8 Å². The Hall–Kier alpha value is -2.70. The molecular weight excluding hydrogens is 388 g/mol. The third-order valence-corrected chi connectivity index (χ3v) is 6.81. The van der Waals surface area contributed by atoms with Crippen LogP contribution < -0.4 is 5.32 Å². The number of carbonyl (C=O) groups is 1. The van der Waals surface area contributed by atoms with Gasteiger partial charge in [-0.25, -0.2) is 0 Å². The van der Waals surface area contributed by atoms with E-state index in [0.29, 0.717) is 13.0 Å². The monoisotopic (exact) mass is 418 g/mol. The molecule has 2 aromatic heterocycles. The zero-order chi connectivity index (χ0) is 21.1. The summed E-state index contributed by atoms with van der Waals surface area (Å²) in [5.74, 6) is 0.0569. The van der Waals surface area contributed by atoms with Crippen molar-refractivity contribution in [1.29, 1.82) is 0 Å². The van der Waals surface area contributed by atoms with Crippen LogP contribution in [0.15, 0.2) is 55.0 Å². The number of amides is 1. The highest BCUT2D eigenvalue weighted by atomic mass is 16.5. The van der Waals surface area contributed by atoms with Crippen molar-refractivity contribution in [3.63, 3.8) is 0 Å². The third-order valence-electron chi connectivity index (χ3n) is 6.81. The Balaban J connectivity index is 1.08. The van der Waals surface area contributed by atoms with Crippen molar-refractivity contribution in [2.45, 2.75) is 50.4 Å². The van der Waals surface area contributed by atoms with Crippen molar-refractivity contribution in [2.75, 3.05) is 19.6 Å². The van der Waals surface area contributed by atoms with Gasteiger partial charge in [0.2, 0.25) is 5.91 Å². The molecule has 2 aliphatic heterocycles. The van der Waals surface area contributed by atoms with Crippen molar-refractivity contribution in [2.24, 2.45) is 0 Å². The van der Waals surface area contributed by atoms with Crippen LogP contribution in [0.1, 0.15) is 36.8 Å². The molecular formula is C25H30N4O2. The number of benzene rings is 1. The molecule has 4 heterocycles. The van der Waals surface area contributed by atoms with Crippen LogP contribution in [-0.4, -0.2) is 52.1 Å². The van der Waals surface area contributed by atoms with Gasteiger partial charge in [-0.1, -0.05) is 18.2 Å². The van der Waals surface area contributed by atoms with Crippen LogP contribution in [0.4, 0.5) is 0 Å². The lowest BCUT2D eigenvalue weighted by Gasteiger charge is -2.39. The molecule has 1 unspecified atom stereocenters. The van der Waals surface area contributed by atoms with Crippen LogP contribution in [0.3, 0.4) is 0 Å². The summed E-state index contributed by atoms with van der Waals surface area (Å²) in [6.45, 7) is 3.69. The van der Waals surface area contributed by atoms with Crippen LogP contribution in [0.2, 0.25) is 0 Å². The van der Waals surface area contributed by atoms with E-state index in [9.17, 15) is 4.79 Å². The predicted octanol–water partition coefficient (Wildman–Crippen LogP) is 3.44. The number of likely N-dealkylation sites (tertiary alicyclic amines) is 1. The van der Waals surface area contributed by atoms with Crippen molar-refractivity contribution >= 4 is 16.8 Å². The lowest BCUT2D eigenvalue weighted by molar-refractivity contribution is -0.122. The van der Waals surface area contributed by atoms with Crippen molar-refractivity contribution < 1.29 is 9.53 Å². The van der Waals surface area contributed by atoms with Gasteiger partial charge in [0.05, 0.1) is 18.1 Å². The Morgan fingerprint density at radius 3 is 2.81 bits per heavy atom. The summed E-state index contributed by atoms with van der Waals surface area (Å²) in [6, 6.07) is 12.3. The standard InChI is InChI=1S/C25H30N4O2/c30-24(15-20-16-27-23-4-2-1-3-22(20)23)28-17-21-5-8-25(31-21)9-13-29(14-10-25)18-19-6-11-26-12-7-19/h1-4,6-7,11-12,16,21,27H,5,8-10,13-15,17-18H2,(H,28,30). The van der Waals surface area contributed by atoms with Crippen molar-refractivity contribution in [3.8, 4) is 0 Å². The van der Waals surface area contributed by atoms with Crippen molar-refractivity contribution in [3.05, 3.63) is 66.1 Å². The molecule has 0 bridgehead atoms. The maximum absolute atomic E-state index is 12.5. The van der Waals surface area contributed by atoms with E-state index in [1.165, 1.54) is 5.56 Å². The topological polar surface area (TPSA) is 70.2 Å². The maximum Gasteiger partial charge on any atom is 0.224 e. The van der Waals surface area contributed by atoms with E-state index in [4.69, 9.17) is 4.74 Å². The number of fused-ring (bicyclic) bond motifs is 1. The van der Waals surface area contributed by atoms with E-state index in [-0.39, 0.29) is 17.6 Å². The van der Waals surface area contributed by atoms with E-state index in [0.717, 1.165) is 61.8 Å². The summed E-state index contributed by atoms with van der Waals surface area (Å²) >= 11 is 0. The molecule has 2 aliphatic rings. The molecule has 0 radical (unpaired) electrons. The van der Waals surface area contributed by atoms with Gasteiger partial charge in [0.1, 0.15) is 0 Å². The van der Waals surface area contributed by atoms with Crippen LogP contribution >= 0.6 is 0 Å². The highest BCUT2D eigenvalue weighted by molar-refractivity contribution is 5.88. The Labute approximate surface area is 183 Å². The number of piperidine rings is 1. The van der Waals surface area contributed by atoms with Crippen molar-refractivity contribution in [1.82, 2.24) is 20.2 Å². The number of hydrogen-bond acceptors (Lipinski definition) is 4. The number of nitrogens with zero attached hydrogens (tertiary/aromatic N) is 2. The van der Waals surface area contributed by atoms with E-state index >= 15 is 0 Å². The number of ether oxygens (including phenoxy) is 1.